The summed E-state index contributed by atoms with van der Waals surface area (Å²) in [6, 6.07) is 5.11. The molecule has 1 unspecified atom stereocenters. The SMILES string of the molecule is COC(=O)C1C=C[C@@H](NC(=O)c2ccc(C)cc2Cl)C1. The maximum atomic E-state index is 12.1. The fraction of sp³-hybridized carbons (Fsp3) is 0.333. The highest BCUT2D eigenvalue weighted by Gasteiger charge is 2.26. The zero-order valence-corrected chi connectivity index (χ0v) is 12.1. The van der Waals surface area contributed by atoms with Gasteiger partial charge in [-0.05, 0) is 31.0 Å². The molecule has 0 saturated carbocycles. The Bertz CT molecular complexity index is 568. The number of ether oxygens (including phenoxy) is 1. The van der Waals surface area contributed by atoms with Crippen molar-refractivity contribution in [2.24, 2.45) is 5.92 Å². The molecule has 2 atom stereocenters. The lowest BCUT2D eigenvalue weighted by Gasteiger charge is -2.13. The van der Waals surface area contributed by atoms with Crippen LogP contribution in [0.5, 0.6) is 0 Å². The molecule has 1 amide bonds. The van der Waals surface area contributed by atoms with Crippen LogP contribution in [0.3, 0.4) is 0 Å². The van der Waals surface area contributed by atoms with Gasteiger partial charge in [0.05, 0.1) is 23.6 Å². The van der Waals surface area contributed by atoms with E-state index < -0.39 is 0 Å². The van der Waals surface area contributed by atoms with Gasteiger partial charge in [-0.2, -0.15) is 0 Å². The topological polar surface area (TPSA) is 55.4 Å². The van der Waals surface area contributed by atoms with E-state index in [1.165, 1.54) is 7.11 Å². The van der Waals surface area contributed by atoms with Crippen molar-refractivity contribution in [1.29, 1.82) is 0 Å². The van der Waals surface area contributed by atoms with Crippen molar-refractivity contribution in [2.75, 3.05) is 7.11 Å². The van der Waals surface area contributed by atoms with Gasteiger partial charge in [0.2, 0.25) is 0 Å². The van der Waals surface area contributed by atoms with Crippen molar-refractivity contribution in [2.45, 2.75) is 19.4 Å². The van der Waals surface area contributed by atoms with E-state index in [2.05, 4.69) is 10.1 Å². The molecule has 5 heteroatoms. The second-order valence-corrected chi connectivity index (χ2v) is 5.22. The highest BCUT2D eigenvalue weighted by atomic mass is 35.5. The van der Waals surface area contributed by atoms with Crippen LogP contribution in [0.1, 0.15) is 22.3 Å². The summed E-state index contributed by atoms with van der Waals surface area (Å²) in [4.78, 5) is 23.5. The number of hydrogen-bond acceptors (Lipinski definition) is 3. The van der Waals surface area contributed by atoms with Gasteiger partial charge in [-0.3, -0.25) is 9.59 Å². The standard InChI is InChI=1S/C15H16ClNO3/c1-9-3-6-12(13(16)7-9)14(18)17-11-5-4-10(8-11)15(19)20-2/h3-7,10-11H,8H2,1-2H3,(H,17,18)/t10?,11-/m1/s1. The van der Waals surface area contributed by atoms with Crippen molar-refractivity contribution in [3.05, 3.63) is 46.5 Å². The number of rotatable bonds is 3. The second kappa shape index (κ2) is 6.09. The van der Waals surface area contributed by atoms with Crippen molar-refractivity contribution < 1.29 is 14.3 Å². The number of carbonyl (C=O) groups excluding carboxylic acids is 2. The van der Waals surface area contributed by atoms with Crippen LogP contribution < -0.4 is 5.32 Å². The molecule has 1 N–H and O–H groups in total. The van der Waals surface area contributed by atoms with Crippen molar-refractivity contribution in [3.8, 4) is 0 Å². The Morgan fingerprint density at radius 1 is 1.35 bits per heavy atom. The largest absolute Gasteiger partial charge is 0.469 e. The maximum Gasteiger partial charge on any atom is 0.312 e. The Morgan fingerprint density at radius 3 is 2.75 bits per heavy atom. The number of esters is 1. The third kappa shape index (κ3) is 3.20. The Labute approximate surface area is 122 Å². The Kier molecular flexibility index (Phi) is 4.45. The van der Waals surface area contributed by atoms with E-state index in [0.717, 1.165) is 5.56 Å². The van der Waals surface area contributed by atoms with Gasteiger partial charge >= 0.3 is 5.97 Å². The number of carbonyl (C=O) groups is 2. The second-order valence-electron chi connectivity index (χ2n) is 4.81. The van der Waals surface area contributed by atoms with Gasteiger partial charge < -0.3 is 10.1 Å². The number of benzene rings is 1. The molecular formula is C15H16ClNO3. The van der Waals surface area contributed by atoms with E-state index >= 15 is 0 Å². The van der Waals surface area contributed by atoms with E-state index in [0.29, 0.717) is 17.0 Å². The number of aryl methyl sites for hydroxylation is 1. The first-order chi connectivity index (χ1) is 9.51. The van der Waals surface area contributed by atoms with Crippen LogP contribution in [0.2, 0.25) is 5.02 Å². The molecule has 1 aromatic rings. The average Bonchev–Trinajstić information content (AvgIpc) is 2.86. The summed E-state index contributed by atoms with van der Waals surface area (Å²) in [7, 11) is 1.36. The van der Waals surface area contributed by atoms with E-state index in [-0.39, 0.29) is 23.8 Å². The quantitative estimate of drug-likeness (QED) is 0.688. The summed E-state index contributed by atoms with van der Waals surface area (Å²) in [5, 5.41) is 3.27. The molecule has 106 valence electrons. The number of nitrogens with one attached hydrogen (secondary N) is 1. The van der Waals surface area contributed by atoms with Crippen LogP contribution in [0, 0.1) is 12.8 Å². The molecule has 0 aliphatic heterocycles. The maximum absolute atomic E-state index is 12.1. The smallest absolute Gasteiger partial charge is 0.312 e. The molecule has 2 rings (SSSR count). The molecule has 1 aliphatic rings. The molecule has 0 heterocycles. The molecular weight excluding hydrogens is 278 g/mol. The lowest BCUT2D eigenvalue weighted by Crippen LogP contribution is -2.33. The fourth-order valence-electron chi connectivity index (χ4n) is 2.18. The zero-order valence-electron chi connectivity index (χ0n) is 11.4. The predicted molar refractivity (Wildman–Crippen MR) is 76.7 cm³/mol. The monoisotopic (exact) mass is 293 g/mol. The van der Waals surface area contributed by atoms with Gasteiger partial charge in [-0.25, -0.2) is 0 Å². The normalized spacial score (nSPS) is 20.8. The lowest BCUT2D eigenvalue weighted by molar-refractivity contribution is -0.143. The van der Waals surface area contributed by atoms with E-state index in [1.807, 2.05) is 19.1 Å². The number of halogens is 1. The molecule has 1 aliphatic carbocycles. The number of hydrogen-bond donors (Lipinski definition) is 1. The van der Waals surface area contributed by atoms with Gasteiger partial charge in [0.1, 0.15) is 0 Å². The van der Waals surface area contributed by atoms with Crippen LogP contribution in [0.25, 0.3) is 0 Å². The minimum Gasteiger partial charge on any atom is -0.469 e. The van der Waals surface area contributed by atoms with Gasteiger partial charge in [-0.1, -0.05) is 29.8 Å². The first kappa shape index (κ1) is 14.6. The molecule has 4 nitrogen and oxygen atoms in total. The van der Waals surface area contributed by atoms with Crippen molar-refractivity contribution in [3.63, 3.8) is 0 Å². The minimum absolute atomic E-state index is 0.177. The van der Waals surface area contributed by atoms with Crippen LogP contribution in [0.15, 0.2) is 30.4 Å². The Hall–Kier alpha value is -1.81. The van der Waals surface area contributed by atoms with Crippen LogP contribution in [-0.4, -0.2) is 25.0 Å². The zero-order chi connectivity index (χ0) is 14.7. The molecule has 0 saturated heterocycles. The van der Waals surface area contributed by atoms with Gasteiger partial charge in [-0.15, -0.1) is 0 Å². The summed E-state index contributed by atoms with van der Waals surface area (Å²) in [6.45, 7) is 1.91. The van der Waals surface area contributed by atoms with Crippen LogP contribution in [0.4, 0.5) is 0 Å². The number of methoxy groups -OCH3 is 1. The van der Waals surface area contributed by atoms with Crippen molar-refractivity contribution in [1.82, 2.24) is 5.32 Å². The molecule has 0 spiro atoms. The molecule has 1 aromatic carbocycles. The summed E-state index contributed by atoms with van der Waals surface area (Å²) < 4.78 is 4.68. The molecule has 0 aromatic heterocycles. The van der Waals surface area contributed by atoms with Gasteiger partial charge in [0, 0.05) is 6.04 Å². The van der Waals surface area contributed by atoms with Gasteiger partial charge in [0.15, 0.2) is 0 Å². The Balaban J connectivity index is 2.00. The van der Waals surface area contributed by atoms with E-state index in [1.54, 1.807) is 18.2 Å². The summed E-state index contributed by atoms with van der Waals surface area (Å²) in [6.07, 6.45) is 4.08. The molecule has 0 radical (unpaired) electrons. The predicted octanol–water partition coefficient (Wildman–Crippen LogP) is 2.50. The Morgan fingerprint density at radius 2 is 2.10 bits per heavy atom. The first-order valence-corrected chi connectivity index (χ1v) is 6.72. The first-order valence-electron chi connectivity index (χ1n) is 6.34. The molecule has 0 bridgehead atoms. The van der Waals surface area contributed by atoms with E-state index in [9.17, 15) is 9.59 Å². The van der Waals surface area contributed by atoms with Crippen molar-refractivity contribution >= 4 is 23.5 Å². The summed E-state index contributed by atoms with van der Waals surface area (Å²) in [5.41, 5.74) is 1.44. The molecule has 0 fully saturated rings. The third-order valence-corrected chi connectivity index (χ3v) is 3.59. The highest BCUT2D eigenvalue weighted by Crippen LogP contribution is 2.21. The minimum atomic E-state index is -0.293. The fourth-order valence-corrected chi connectivity index (χ4v) is 2.50. The lowest BCUT2D eigenvalue weighted by atomic mass is 10.1. The summed E-state index contributed by atoms with van der Waals surface area (Å²) in [5.74, 6) is -0.819. The molecule has 20 heavy (non-hydrogen) atoms. The van der Waals surface area contributed by atoms with E-state index in [4.69, 9.17) is 11.6 Å². The average molecular weight is 294 g/mol. The van der Waals surface area contributed by atoms with Gasteiger partial charge in [0.25, 0.3) is 5.91 Å². The van der Waals surface area contributed by atoms with Crippen LogP contribution >= 0.6 is 11.6 Å². The number of amides is 1. The summed E-state index contributed by atoms with van der Waals surface area (Å²) >= 11 is 6.06. The highest BCUT2D eigenvalue weighted by molar-refractivity contribution is 6.33. The third-order valence-electron chi connectivity index (χ3n) is 3.27. The van der Waals surface area contributed by atoms with Crippen LogP contribution in [-0.2, 0) is 9.53 Å².